The van der Waals surface area contributed by atoms with E-state index >= 15 is 0 Å². The first kappa shape index (κ1) is 16.5. The van der Waals surface area contributed by atoms with E-state index in [1.807, 2.05) is 31.2 Å². The average molecular weight is 343 g/mol. The second kappa shape index (κ2) is 7.05. The van der Waals surface area contributed by atoms with Crippen molar-refractivity contribution in [3.8, 4) is 0 Å². The number of carbonyl (C=O) groups excluding carboxylic acids is 2. The lowest BCUT2D eigenvalue weighted by atomic mass is 10.1. The van der Waals surface area contributed by atoms with Gasteiger partial charge in [0.05, 0.1) is 0 Å². The first-order chi connectivity index (χ1) is 11.5. The molecule has 4 nitrogen and oxygen atoms in total. The minimum absolute atomic E-state index is 0.146. The molecule has 0 aliphatic carbocycles. The molecular formula is C19H19ClN2O2. The molecule has 2 aromatic carbocycles. The van der Waals surface area contributed by atoms with Gasteiger partial charge in [-0.3, -0.25) is 9.59 Å². The second-order valence-electron chi connectivity index (χ2n) is 5.97. The summed E-state index contributed by atoms with van der Waals surface area (Å²) in [6, 6.07) is 12.5. The Morgan fingerprint density at radius 3 is 2.54 bits per heavy atom. The van der Waals surface area contributed by atoms with Crippen LogP contribution in [-0.2, 0) is 4.79 Å². The molecule has 1 N–H and O–H groups in total. The van der Waals surface area contributed by atoms with E-state index in [0.29, 0.717) is 22.7 Å². The highest BCUT2D eigenvalue weighted by Crippen LogP contribution is 2.23. The van der Waals surface area contributed by atoms with Crippen LogP contribution in [0.25, 0.3) is 0 Å². The molecule has 1 aliphatic heterocycles. The molecule has 0 radical (unpaired) electrons. The summed E-state index contributed by atoms with van der Waals surface area (Å²) in [5.41, 5.74) is 3.01. The van der Waals surface area contributed by atoms with Gasteiger partial charge < -0.3 is 10.2 Å². The van der Waals surface area contributed by atoms with E-state index in [-0.39, 0.29) is 11.8 Å². The molecule has 0 unspecified atom stereocenters. The maximum atomic E-state index is 12.3. The maximum Gasteiger partial charge on any atom is 0.255 e. The van der Waals surface area contributed by atoms with E-state index < -0.39 is 0 Å². The zero-order valence-electron chi connectivity index (χ0n) is 13.5. The van der Waals surface area contributed by atoms with Crippen LogP contribution in [0, 0.1) is 6.92 Å². The maximum absolute atomic E-state index is 12.3. The van der Waals surface area contributed by atoms with Crippen molar-refractivity contribution in [2.45, 2.75) is 26.2 Å². The predicted octanol–water partition coefficient (Wildman–Crippen LogP) is 4.42. The molecule has 0 spiro atoms. The summed E-state index contributed by atoms with van der Waals surface area (Å²) in [4.78, 5) is 26.1. The number of carbonyl (C=O) groups is 2. The van der Waals surface area contributed by atoms with Crippen molar-refractivity contribution in [1.82, 2.24) is 0 Å². The summed E-state index contributed by atoms with van der Waals surface area (Å²) >= 11 is 6.08. The van der Waals surface area contributed by atoms with Gasteiger partial charge in [-0.1, -0.05) is 17.7 Å². The second-order valence-corrected chi connectivity index (χ2v) is 6.37. The largest absolute Gasteiger partial charge is 0.322 e. The number of hydrogen-bond acceptors (Lipinski definition) is 2. The molecule has 124 valence electrons. The van der Waals surface area contributed by atoms with Gasteiger partial charge in [0.25, 0.3) is 5.91 Å². The number of amides is 2. The van der Waals surface area contributed by atoms with Crippen LogP contribution in [0.1, 0.15) is 35.2 Å². The number of anilines is 2. The lowest BCUT2D eigenvalue weighted by Crippen LogP contribution is -2.35. The SMILES string of the molecule is Cc1ccc(NC(=O)c2ccc(N3CCCCC3=O)cc2)cc1Cl. The van der Waals surface area contributed by atoms with Gasteiger partial charge in [0, 0.05) is 34.9 Å². The van der Waals surface area contributed by atoms with Crippen molar-refractivity contribution >= 4 is 34.8 Å². The summed E-state index contributed by atoms with van der Waals surface area (Å²) in [5.74, 6) is -0.0563. The quantitative estimate of drug-likeness (QED) is 0.897. The van der Waals surface area contributed by atoms with Gasteiger partial charge in [0.15, 0.2) is 0 Å². The molecule has 1 fully saturated rings. The minimum Gasteiger partial charge on any atom is -0.322 e. The summed E-state index contributed by atoms with van der Waals surface area (Å²) in [7, 11) is 0. The third-order valence-corrected chi connectivity index (χ3v) is 4.60. The lowest BCUT2D eigenvalue weighted by molar-refractivity contribution is -0.119. The monoisotopic (exact) mass is 342 g/mol. The fraction of sp³-hybridized carbons (Fsp3) is 0.263. The van der Waals surface area contributed by atoms with Crippen LogP contribution in [-0.4, -0.2) is 18.4 Å². The molecule has 1 heterocycles. The van der Waals surface area contributed by atoms with Gasteiger partial charge in [0.2, 0.25) is 5.91 Å². The predicted molar refractivity (Wildman–Crippen MR) is 96.8 cm³/mol. The van der Waals surface area contributed by atoms with Crippen LogP contribution in [0.3, 0.4) is 0 Å². The van der Waals surface area contributed by atoms with Gasteiger partial charge >= 0.3 is 0 Å². The summed E-state index contributed by atoms with van der Waals surface area (Å²) in [5, 5.41) is 3.45. The van der Waals surface area contributed by atoms with E-state index in [9.17, 15) is 9.59 Å². The Labute approximate surface area is 146 Å². The number of halogens is 1. The number of hydrogen-bond donors (Lipinski definition) is 1. The number of nitrogens with zero attached hydrogens (tertiary/aromatic N) is 1. The first-order valence-electron chi connectivity index (χ1n) is 8.02. The van der Waals surface area contributed by atoms with Gasteiger partial charge in [-0.15, -0.1) is 0 Å². The summed E-state index contributed by atoms with van der Waals surface area (Å²) < 4.78 is 0. The van der Waals surface area contributed by atoms with Crippen molar-refractivity contribution in [2.24, 2.45) is 0 Å². The van der Waals surface area contributed by atoms with Gasteiger partial charge in [-0.05, 0) is 61.7 Å². The Morgan fingerprint density at radius 2 is 1.88 bits per heavy atom. The van der Waals surface area contributed by atoms with E-state index in [0.717, 1.165) is 30.6 Å². The van der Waals surface area contributed by atoms with Gasteiger partial charge in [-0.25, -0.2) is 0 Å². The molecule has 0 atom stereocenters. The highest BCUT2D eigenvalue weighted by Gasteiger charge is 2.19. The molecule has 3 rings (SSSR count). The molecular weight excluding hydrogens is 324 g/mol. The fourth-order valence-corrected chi connectivity index (χ4v) is 2.93. The van der Waals surface area contributed by atoms with E-state index in [4.69, 9.17) is 11.6 Å². The molecule has 0 aromatic heterocycles. The molecule has 1 saturated heterocycles. The number of aryl methyl sites for hydroxylation is 1. The smallest absolute Gasteiger partial charge is 0.255 e. The van der Waals surface area contributed by atoms with E-state index in [1.165, 1.54) is 0 Å². The molecule has 0 bridgehead atoms. The summed E-state index contributed by atoms with van der Waals surface area (Å²) in [6.07, 6.45) is 2.56. The van der Waals surface area contributed by atoms with Crippen molar-refractivity contribution in [1.29, 1.82) is 0 Å². The number of benzene rings is 2. The topological polar surface area (TPSA) is 49.4 Å². The Balaban J connectivity index is 1.71. The third-order valence-electron chi connectivity index (χ3n) is 4.19. The lowest BCUT2D eigenvalue weighted by Gasteiger charge is -2.26. The van der Waals surface area contributed by atoms with Crippen LogP contribution in [0.5, 0.6) is 0 Å². The van der Waals surface area contributed by atoms with Crippen LogP contribution < -0.4 is 10.2 Å². The fourth-order valence-electron chi connectivity index (χ4n) is 2.75. The van der Waals surface area contributed by atoms with Crippen molar-refractivity contribution in [3.05, 3.63) is 58.6 Å². The highest BCUT2D eigenvalue weighted by atomic mass is 35.5. The number of piperidine rings is 1. The minimum atomic E-state index is -0.202. The molecule has 2 aromatic rings. The van der Waals surface area contributed by atoms with Crippen LogP contribution >= 0.6 is 11.6 Å². The first-order valence-corrected chi connectivity index (χ1v) is 8.40. The zero-order valence-corrected chi connectivity index (χ0v) is 14.3. The molecule has 1 aliphatic rings. The Hall–Kier alpha value is -2.33. The molecule has 2 amide bonds. The van der Waals surface area contributed by atoms with Crippen LogP contribution in [0.15, 0.2) is 42.5 Å². The number of nitrogens with one attached hydrogen (secondary N) is 1. The van der Waals surface area contributed by atoms with Crippen molar-refractivity contribution in [3.63, 3.8) is 0 Å². The third kappa shape index (κ3) is 3.60. The number of rotatable bonds is 3. The summed E-state index contributed by atoms with van der Waals surface area (Å²) in [6.45, 7) is 2.65. The van der Waals surface area contributed by atoms with Crippen molar-refractivity contribution < 1.29 is 9.59 Å². The molecule has 0 saturated carbocycles. The molecule has 24 heavy (non-hydrogen) atoms. The van der Waals surface area contributed by atoms with Crippen LogP contribution in [0.2, 0.25) is 5.02 Å². The zero-order chi connectivity index (χ0) is 17.1. The standard InChI is InChI=1S/C19H19ClN2O2/c1-13-5-8-15(12-17(13)20)21-19(24)14-6-9-16(10-7-14)22-11-3-2-4-18(22)23/h5-10,12H,2-4,11H2,1H3,(H,21,24). The van der Waals surface area contributed by atoms with Gasteiger partial charge in [0.1, 0.15) is 0 Å². The average Bonchev–Trinajstić information content (AvgIpc) is 2.59. The molecule has 5 heteroatoms. The van der Waals surface area contributed by atoms with Gasteiger partial charge in [-0.2, -0.15) is 0 Å². The Kier molecular flexibility index (Phi) is 4.86. The Bertz CT molecular complexity index is 771. The van der Waals surface area contributed by atoms with E-state index in [1.54, 1.807) is 23.1 Å². The highest BCUT2D eigenvalue weighted by molar-refractivity contribution is 6.31. The normalized spacial score (nSPS) is 14.6. The Morgan fingerprint density at radius 1 is 1.12 bits per heavy atom. The van der Waals surface area contributed by atoms with E-state index in [2.05, 4.69) is 5.32 Å². The van der Waals surface area contributed by atoms with Crippen LogP contribution in [0.4, 0.5) is 11.4 Å². The van der Waals surface area contributed by atoms with Crippen molar-refractivity contribution in [2.75, 3.05) is 16.8 Å².